The third kappa shape index (κ3) is 3.37. The highest BCUT2D eigenvalue weighted by molar-refractivity contribution is 5.43. The van der Waals surface area contributed by atoms with E-state index in [1.807, 2.05) is 12.4 Å². The smallest absolute Gasteiger partial charge is 0.225 e. The number of hydrogen-bond acceptors (Lipinski definition) is 5. The van der Waals surface area contributed by atoms with Gasteiger partial charge in [0.2, 0.25) is 5.95 Å². The van der Waals surface area contributed by atoms with Crippen LogP contribution in [-0.2, 0) is 24.4 Å². The minimum Gasteiger partial charge on any atom is -0.383 e. The lowest BCUT2D eigenvalue weighted by Crippen LogP contribution is -2.20. The Kier molecular flexibility index (Phi) is 4.43. The fourth-order valence-corrected chi connectivity index (χ4v) is 2.48. The van der Waals surface area contributed by atoms with E-state index in [9.17, 15) is 0 Å². The number of fused-ring (bicyclic) bond motifs is 1. The Labute approximate surface area is 125 Å². The minimum atomic E-state index is 0.713. The highest BCUT2D eigenvalue weighted by Gasteiger charge is 2.20. The van der Waals surface area contributed by atoms with Crippen molar-refractivity contribution < 1.29 is 4.74 Å². The summed E-state index contributed by atoms with van der Waals surface area (Å²) in [7, 11) is 1.70. The number of hydrogen-bond donors (Lipinski definition) is 1. The highest BCUT2D eigenvalue weighted by Crippen LogP contribution is 2.25. The number of nitrogens with one attached hydrogen (secondary N) is 1. The molecular weight excluding hydrogens is 264 g/mol. The van der Waals surface area contributed by atoms with Crippen LogP contribution in [0.4, 0.5) is 5.95 Å². The van der Waals surface area contributed by atoms with E-state index in [-0.39, 0.29) is 0 Å². The van der Waals surface area contributed by atoms with Crippen molar-refractivity contribution in [2.75, 3.05) is 25.2 Å². The Morgan fingerprint density at radius 3 is 2.43 bits per heavy atom. The van der Waals surface area contributed by atoms with Crippen LogP contribution in [0.15, 0.2) is 36.7 Å². The van der Waals surface area contributed by atoms with Crippen molar-refractivity contribution >= 4 is 5.95 Å². The summed E-state index contributed by atoms with van der Waals surface area (Å²) >= 11 is 0. The first kappa shape index (κ1) is 14.0. The molecule has 1 aliphatic rings. The second-order valence-electron chi connectivity index (χ2n) is 5.19. The molecule has 1 aliphatic heterocycles. The Bertz CT molecular complexity index is 560. The summed E-state index contributed by atoms with van der Waals surface area (Å²) in [6.45, 7) is 4.09. The molecule has 0 aliphatic carbocycles. The zero-order valence-corrected chi connectivity index (χ0v) is 12.2. The topological polar surface area (TPSA) is 50.3 Å². The molecule has 0 amide bonds. The number of ether oxygens (including phenoxy) is 1. The molecule has 3 rings (SSSR count). The van der Waals surface area contributed by atoms with E-state index >= 15 is 0 Å². The lowest BCUT2D eigenvalue weighted by atomic mass is 10.1. The molecule has 0 spiro atoms. The quantitative estimate of drug-likeness (QED) is 0.819. The maximum absolute atomic E-state index is 5.00. The highest BCUT2D eigenvalue weighted by atomic mass is 16.5. The van der Waals surface area contributed by atoms with E-state index in [1.165, 1.54) is 11.1 Å². The van der Waals surface area contributed by atoms with Crippen LogP contribution in [0.2, 0.25) is 0 Å². The summed E-state index contributed by atoms with van der Waals surface area (Å²) in [6.07, 6.45) is 3.79. The first-order valence-electron chi connectivity index (χ1n) is 7.19. The molecule has 5 heteroatoms. The molecule has 110 valence electrons. The van der Waals surface area contributed by atoms with Crippen LogP contribution in [0, 0.1) is 0 Å². The van der Waals surface area contributed by atoms with Crippen LogP contribution in [0.25, 0.3) is 0 Å². The van der Waals surface area contributed by atoms with Gasteiger partial charge in [-0.1, -0.05) is 24.3 Å². The van der Waals surface area contributed by atoms with Crippen LogP contribution in [0.3, 0.4) is 0 Å². The second kappa shape index (κ2) is 6.65. The zero-order valence-electron chi connectivity index (χ0n) is 12.2. The number of nitrogens with zero attached hydrogens (tertiary/aromatic N) is 3. The molecule has 1 aromatic heterocycles. The van der Waals surface area contributed by atoms with Crippen molar-refractivity contribution in [3.05, 3.63) is 53.3 Å². The number of aromatic nitrogens is 2. The van der Waals surface area contributed by atoms with Crippen LogP contribution < -0.4 is 10.2 Å². The minimum absolute atomic E-state index is 0.713. The summed E-state index contributed by atoms with van der Waals surface area (Å²) in [5.41, 5.74) is 3.82. The van der Waals surface area contributed by atoms with Crippen molar-refractivity contribution in [2.45, 2.75) is 19.6 Å². The molecule has 0 unspecified atom stereocenters. The predicted octanol–water partition coefficient (Wildman–Crippen LogP) is 1.73. The number of anilines is 1. The molecule has 2 aromatic rings. The summed E-state index contributed by atoms with van der Waals surface area (Å²) in [4.78, 5) is 11.2. The van der Waals surface area contributed by atoms with Gasteiger partial charge in [0.05, 0.1) is 6.61 Å². The largest absolute Gasteiger partial charge is 0.383 e. The molecule has 1 aromatic carbocycles. The van der Waals surface area contributed by atoms with Gasteiger partial charge < -0.3 is 15.0 Å². The second-order valence-corrected chi connectivity index (χ2v) is 5.19. The first-order valence-corrected chi connectivity index (χ1v) is 7.19. The Morgan fingerprint density at radius 1 is 1.14 bits per heavy atom. The molecule has 5 nitrogen and oxygen atoms in total. The maximum Gasteiger partial charge on any atom is 0.225 e. The molecular formula is C16H20N4O. The van der Waals surface area contributed by atoms with Crippen molar-refractivity contribution in [2.24, 2.45) is 0 Å². The van der Waals surface area contributed by atoms with Crippen LogP contribution in [0.1, 0.15) is 16.7 Å². The van der Waals surface area contributed by atoms with Crippen molar-refractivity contribution in [1.82, 2.24) is 15.3 Å². The number of benzene rings is 1. The van der Waals surface area contributed by atoms with Gasteiger partial charge in [-0.3, -0.25) is 0 Å². The Morgan fingerprint density at radius 2 is 1.81 bits per heavy atom. The van der Waals surface area contributed by atoms with Crippen molar-refractivity contribution in [1.29, 1.82) is 0 Å². The van der Waals surface area contributed by atoms with Crippen molar-refractivity contribution in [3.63, 3.8) is 0 Å². The molecule has 0 saturated carbocycles. The average molecular weight is 284 g/mol. The lowest BCUT2D eigenvalue weighted by molar-refractivity contribution is 0.199. The van der Waals surface area contributed by atoms with Gasteiger partial charge in [0.25, 0.3) is 0 Å². The zero-order chi connectivity index (χ0) is 14.5. The average Bonchev–Trinajstić information content (AvgIpc) is 2.96. The van der Waals surface area contributed by atoms with Crippen LogP contribution >= 0.6 is 0 Å². The fourth-order valence-electron chi connectivity index (χ4n) is 2.48. The van der Waals surface area contributed by atoms with Crippen LogP contribution in [-0.4, -0.2) is 30.2 Å². The SMILES string of the molecule is COCCNCc1cnc(N2Cc3ccccc3C2)nc1. The van der Waals surface area contributed by atoms with Gasteiger partial charge in [-0.05, 0) is 11.1 Å². The molecule has 0 fully saturated rings. The van der Waals surface area contributed by atoms with Gasteiger partial charge in [-0.25, -0.2) is 9.97 Å². The Hall–Kier alpha value is -1.98. The normalized spacial score (nSPS) is 13.5. The van der Waals surface area contributed by atoms with Gasteiger partial charge in [0.1, 0.15) is 0 Å². The van der Waals surface area contributed by atoms with E-state index in [0.29, 0.717) is 6.61 Å². The third-order valence-electron chi connectivity index (χ3n) is 3.63. The molecule has 0 radical (unpaired) electrons. The summed E-state index contributed by atoms with van der Waals surface area (Å²) in [5.74, 6) is 0.798. The lowest BCUT2D eigenvalue weighted by Gasteiger charge is -2.15. The fraction of sp³-hybridized carbons (Fsp3) is 0.375. The molecule has 0 atom stereocenters. The molecule has 0 bridgehead atoms. The molecule has 0 saturated heterocycles. The number of methoxy groups -OCH3 is 1. The van der Waals surface area contributed by atoms with Gasteiger partial charge in [-0.2, -0.15) is 0 Å². The summed E-state index contributed by atoms with van der Waals surface area (Å²) in [6, 6.07) is 8.50. The summed E-state index contributed by atoms with van der Waals surface area (Å²) < 4.78 is 5.00. The van der Waals surface area contributed by atoms with Gasteiger partial charge in [0.15, 0.2) is 0 Å². The van der Waals surface area contributed by atoms with E-state index in [1.54, 1.807) is 7.11 Å². The predicted molar refractivity (Wildman–Crippen MR) is 81.9 cm³/mol. The third-order valence-corrected chi connectivity index (χ3v) is 3.63. The monoisotopic (exact) mass is 284 g/mol. The van der Waals surface area contributed by atoms with Gasteiger partial charge in [-0.15, -0.1) is 0 Å². The Balaban J connectivity index is 1.58. The van der Waals surface area contributed by atoms with E-state index in [0.717, 1.165) is 37.7 Å². The summed E-state index contributed by atoms with van der Waals surface area (Å²) in [5, 5.41) is 3.29. The van der Waals surface area contributed by atoms with Crippen LogP contribution in [0.5, 0.6) is 0 Å². The van der Waals surface area contributed by atoms with E-state index < -0.39 is 0 Å². The molecule has 1 N–H and O–H groups in total. The van der Waals surface area contributed by atoms with E-state index in [4.69, 9.17) is 4.74 Å². The van der Waals surface area contributed by atoms with Gasteiger partial charge in [0, 0.05) is 51.2 Å². The first-order chi connectivity index (χ1) is 10.4. The standard InChI is InChI=1S/C16H20N4O/c1-21-7-6-17-8-13-9-18-16(19-10-13)20-11-14-4-2-3-5-15(14)12-20/h2-5,9-10,17H,6-8,11-12H2,1H3. The molecule has 2 heterocycles. The number of rotatable bonds is 6. The van der Waals surface area contributed by atoms with Gasteiger partial charge >= 0.3 is 0 Å². The van der Waals surface area contributed by atoms with E-state index in [2.05, 4.69) is 44.5 Å². The maximum atomic E-state index is 5.00. The van der Waals surface area contributed by atoms with Crippen molar-refractivity contribution in [3.8, 4) is 0 Å². The molecule has 21 heavy (non-hydrogen) atoms.